The van der Waals surface area contributed by atoms with Crippen molar-refractivity contribution in [2.45, 2.75) is 12.7 Å². The van der Waals surface area contributed by atoms with Crippen LogP contribution in [-0.4, -0.2) is 11.0 Å². The first-order valence-corrected chi connectivity index (χ1v) is 8.56. The van der Waals surface area contributed by atoms with E-state index >= 15 is 0 Å². The van der Waals surface area contributed by atoms with Crippen LogP contribution in [0.5, 0.6) is 0 Å². The molecule has 2 N–H and O–H groups in total. The summed E-state index contributed by atoms with van der Waals surface area (Å²) in [6.45, 7) is 0.00713. The van der Waals surface area contributed by atoms with Crippen molar-refractivity contribution in [3.63, 3.8) is 0 Å². The summed E-state index contributed by atoms with van der Waals surface area (Å²) in [7, 11) is 0. The maximum absolute atomic E-state index is 13.1. The van der Waals surface area contributed by atoms with Crippen molar-refractivity contribution >= 4 is 23.3 Å². The lowest BCUT2D eigenvalue weighted by Gasteiger charge is -2.22. The van der Waals surface area contributed by atoms with Crippen LogP contribution in [0.25, 0.3) is 11.1 Å². The number of anilines is 1. The highest BCUT2D eigenvalue weighted by atomic mass is 35.5. The summed E-state index contributed by atoms with van der Waals surface area (Å²) in [4.78, 5) is 17.0. The molecule has 0 aliphatic carbocycles. The van der Waals surface area contributed by atoms with Gasteiger partial charge in [-0.2, -0.15) is 13.2 Å². The summed E-state index contributed by atoms with van der Waals surface area (Å²) >= 11 is 5.65. The second kappa shape index (κ2) is 7.90. The number of aromatic nitrogens is 1. The molecular formula is C20H15ClF3N3O. The summed E-state index contributed by atoms with van der Waals surface area (Å²) in [6.07, 6.45) is -1.33. The third-order valence-electron chi connectivity index (χ3n) is 4.11. The number of carbonyl (C=O) groups excluding carboxylic acids is 1. The van der Waals surface area contributed by atoms with E-state index in [0.717, 1.165) is 28.2 Å². The van der Waals surface area contributed by atoms with Crippen molar-refractivity contribution in [2.24, 2.45) is 5.73 Å². The quantitative estimate of drug-likeness (QED) is 0.622. The Kier molecular flexibility index (Phi) is 5.56. The zero-order valence-electron chi connectivity index (χ0n) is 14.4. The molecule has 144 valence electrons. The number of nitrogens with two attached hydrogens (primary N) is 1. The lowest BCUT2D eigenvalue weighted by atomic mass is 10.0. The van der Waals surface area contributed by atoms with Gasteiger partial charge in [-0.05, 0) is 53.1 Å². The Hall–Kier alpha value is -3.06. The molecule has 0 atom stereocenters. The first-order valence-electron chi connectivity index (χ1n) is 8.19. The number of hydrogen-bond donors (Lipinski definition) is 1. The summed E-state index contributed by atoms with van der Waals surface area (Å²) in [5, 5.41) is -0.444. The predicted octanol–water partition coefficient (Wildman–Crippen LogP) is 5.51. The van der Waals surface area contributed by atoms with Crippen molar-refractivity contribution in [2.75, 3.05) is 4.90 Å². The largest absolute Gasteiger partial charge is 0.417 e. The summed E-state index contributed by atoms with van der Waals surface area (Å²) in [6, 6.07) is 13.3. The molecule has 1 heterocycles. The van der Waals surface area contributed by atoms with Crippen molar-refractivity contribution < 1.29 is 18.0 Å². The molecule has 0 saturated heterocycles. The SMILES string of the molecule is NC(=O)N(Cc1cccc(-c2ccncc2)c1)c1ccc(Cl)c(C(F)(F)F)c1. The number of rotatable bonds is 4. The van der Waals surface area contributed by atoms with Gasteiger partial charge in [-0.3, -0.25) is 9.88 Å². The Labute approximate surface area is 164 Å². The number of hydrogen-bond acceptors (Lipinski definition) is 2. The number of alkyl halides is 3. The van der Waals surface area contributed by atoms with Gasteiger partial charge in [-0.15, -0.1) is 0 Å². The lowest BCUT2D eigenvalue weighted by Crippen LogP contribution is -2.35. The molecule has 0 bridgehead atoms. The van der Waals surface area contributed by atoms with E-state index in [0.29, 0.717) is 5.56 Å². The van der Waals surface area contributed by atoms with Gasteiger partial charge < -0.3 is 5.73 Å². The van der Waals surface area contributed by atoms with E-state index in [1.165, 1.54) is 6.07 Å². The first kappa shape index (κ1) is 19.7. The van der Waals surface area contributed by atoms with Crippen LogP contribution in [0, 0.1) is 0 Å². The molecule has 8 heteroatoms. The highest BCUT2D eigenvalue weighted by Crippen LogP contribution is 2.37. The van der Waals surface area contributed by atoms with E-state index in [1.807, 2.05) is 24.3 Å². The van der Waals surface area contributed by atoms with Gasteiger partial charge in [0.2, 0.25) is 0 Å². The zero-order valence-corrected chi connectivity index (χ0v) is 15.2. The molecular weight excluding hydrogens is 391 g/mol. The number of amides is 2. The molecule has 28 heavy (non-hydrogen) atoms. The van der Waals surface area contributed by atoms with E-state index in [2.05, 4.69) is 4.98 Å². The van der Waals surface area contributed by atoms with Gasteiger partial charge >= 0.3 is 12.2 Å². The fraction of sp³-hybridized carbons (Fsp3) is 0.100. The van der Waals surface area contributed by atoms with Gasteiger partial charge in [0.15, 0.2) is 0 Å². The van der Waals surface area contributed by atoms with E-state index in [-0.39, 0.29) is 12.2 Å². The maximum atomic E-state index is 13.1. The van der Waals surface area contributed by atoms with Crippen molar-refractivity contribution in [1.29, 1.82) is 0 Å². The Bertz CT molecular complexity index is 993. The Morgan fingerprint density at radius 3 is 2.39 bits per heavy atom. The van der Waals surface area contributed by atoms with Crippen LogP contribution in [0.4, 0.5) is 23.7 Å². The van der Waals surface area contributed by atoms with Gasteiger partial charge in [-0.1, -0.05) is 29.8 Å². The maximum Gasteiger partial charge on any atom is 0.417 e. The van der Waals surface area contributed by atoms with Crippen molar-refractivity contribution in [3.05, 3.63) is 83.1 Å². The molecule has 1 aromatic heterocycles. The third-order valence-corrected chi connectivity index (χ3v) is 4.44. The van der Waals surface area contributed by atoms with E-state index < -0.39 is 22.8 Å². The second-order valence-electron chi connectivity index (χ2n) is 6.02. The lowest BCUT2D eigenvalue weighted by molar-refractivity contribution is -0.137. The normalized spacial score (nSPS) is 11.3. The van der Waals surface area contributed by atoms with E-state index in [1.54, 1.807) is 24.5 Å². The molecule has 0 saturated carbocycles. The average molecular weight is 406 g/mol. The standard InChI is InChI=1S/C20H15ClF3N3O/c21-18-5-4-16(11-17(18)20(22,23)24)27(19(25)28)12-13-2-1-3-15(10-13)14-6-8-26-9-7-14/h1-11H,12H2,(H2,25,28). The molecule has 0 aliphatic heterocycles. The molecule has 0 fully saturated rings. The summed E-state index contributed by atoms with van der Waals surface area (Å²) in [5.41, 5.74) is 6.93. The average Bonchev–Trinajstić information content (AvgIpc) is 2.66. The molecule has 0 radical (unpaired) electrons. The Balaban J connectivity index is 1.94. The molecule has 0 unspecified atom stereocenters. The Morgan fingerprint density at radius 2 is 1.75 bits per heavy atom. The number of pyridine rings is 1. The predicted molar refractivity (Wildman–Crippen MR) is 102 cm³/mol. The fourth-order valence-electron chi connectivity index (χ4n) is 2.77. The molecule has 0 aliphatic rings. The van der Waals surface area contributed by atoms with E-state index in [9.17, 15) is 18.0 Å². The molecule has 4 nitrogen and oxygen atoms in total. The topological polar surface area (TPSA) is 59.2 Å². The smallest absolute Gasteiger partial charge is 0.351 e. The number of nitrogens with zero attached hydrogens (tertiary/aromatic N) is 2. The van der Waals surface area contributed by atoms with Gasteiger partial charge in [0.1, 0.15) is 0 Å². The van der Waals surface area contributed by atoms with Crippen LogP contribution in [0.15, 0.2) is 67.0 Å². The Morgan fingerprint density at radius 1 is 1.04 bits per heavy atom. The minimum atomic E-state index is -4.64. The van der Waals surface area contributed by atoms with Crippen LogP contribution in [0.2, 0.25) is 5.02 Å². The third kappa shape index (κ3) is 4.43. The van der Waals surface area contributed by atoms with E-state index in [4.69, 9.17) is 17.3 Å². The summed E-state index contributed by atoms with van der Waals surface area (Å²) < 4.78 is 39.4. The minimum absolute atomic E-state index is 0.00713. The van der Waals surface area contributed by atoms with Gasteiger partial charge in [0, 0.05) is 18.1 Å². The summed E-state index contributed by atoms with van der Waals surface area (Å²) in [5.74, 6) is 0. The highest BCUT2D eigenvalue weighted by Gasteiger charge is 2.34. The van der Waals surface area contributed by atoms with Crippen LogP contribution in [0.3, 0.4) is 0 Å². The van der Waals surface area contributed by atoms with Crippen LogP contribution < -0.4 is 10.6 Å². The minimum Gasteiger partial charge on any atom is -0.351 e. The monoisotopic (exact) mass is 405 g/mol. The number of benzene rings is 2. The van der Waals surface area contributed by atoms with Crippen molar-refractivity contribution in [1.82, 2.24) is 4.98 Å². The fourth-order valence-corrected chi connectivity index (χ4v) is 3.00. The molecule has 3 aromatic rings. The second-order valence-corrected chi connectivity index (χ2v) is 6.43. The van der Waals surface area contributed by atoms with Crippen LogP contribution in [-0.2, 0) is 12.7 Å². The molecule has 3 rings (SSSR count). The first-order chi connectivity index (χ1) is 13.3. The van der Waals surface area contributed by atoms with Gasteiger partial charge in [0.25, 0.3) is 0 Å². The number of urea groups is 1. The molecule has 2 amide bonds. The number of halogens is 4. The van der Waals surface area contributed by atoms with Crippen LogP contribution >= 0.6 is 11.6 Å². The number of primary amides is 1. The van der Waals surface area contributed by atoms with Crippen molar-refractivity contribution in [3.8, 4) is 11.1 Å². The highest BCUT2D eigenvalue weighted by molar-refractivity contribution is 6.31. The van der Waals surface area contributed by atoms with Gasteiger partial charge in [0.05, 0.1) is 17.1 Å². The number of carbonyl (C=O) groups is 1. The van der Waals surface area contributed by atoms with Gasteiger partial charge in [-0.25, -0.2) is 4.79 Å². The molecule has 2 aromatic carbocycles. The molecule has 0 spiro atoms. The van der Waals surface area contributed by atoms with Crippen LogP contribution in [0.1, 0.15) is 11.1 Å². The zero-order chi connectivity index (χ0) is 20.3.